The van der Waals surface area contributed by atoms with Gasteiger partial charge in [0.2, 0.25) is 6.10 Å². The topological polar surface area (TPSA) is 61.8 Å². The van der Waals surface area contributed by atoms with Gasteiger partial charge < -0.3 is 14.2 Å². The fourth-order valence-corrected chi connectivity index (χ4v) is 1.71. The Morgan fingerprint density at radius 3 is 2.90 bits per heavy atom. The van der Waals surface area contributed by atoms with Crippen LogP contribution in [0, 0.1) is 5.82 Å². The fourth-order valence-electron chi connectivity index (χ4n) is 1.71. The predicted octanol–water partition coefficient (Wildman–Crippen LogP) is 1.71. The molecule has 2 rings (SSSR count). The van der Waals surface area contributed by atoms with Crippen LogP contribution in [-0.2, 0) is 19.1 Å². The molecule has 6 heteroatoms. The molecule has 1 aliphatic rings. The highest BCUT2D eigenvalue weighted by Gasteiger charge is 2.29. The summed E-state index contributed by atoms with van der Waals surface area (Å²) in [7, 11) is 1.37. The van der Waals surface area contributed by atoms with Gasteiger partial charge in [0, 0.05) is 12.5 Å². The number of ether oxygens (including phenoxy) is 3. The van der Waals surface area contributed by atoms with Crippen LogP contribution < -0.4 is 4.74 Å². The molecule has 1 aromatic rings. The number of benzene rings is 1. The van der Waals surface area contributed by atoms with E-state index in [9.17, 15) is 14.0 Å². The van der Waals surface area contributed by atoms with Gasteiger partial charge in [0.1, 0.15) is 0 Å². The third kappa shape index (κ3) is 3.34. The zero-order valence-corrected chi connectivity index (χ0v) is 10.8. The Morgan fingerprint density at radius 2 is 2.30 bits per heavy atom. The van der Waals surface area contributed by atoms with Gasteiger partial charge in [-0.15, -0.1) is 0 Å². The fraction of sp³-hybridized carbons (Fsp3) is 0.286. The normalized spacial score (nSPS) is 18.1. The molecule has 0 aliphatic carbocycles. The van der Waals surface area contributed by atoms with Gasteiger partial charge >= 0.3 is 11.9 Å². The Bertz CT molecular complexity index is 552. The van der Waals surface area contributed by atoms with Crippen molar-refractivity contribution in [3.8, 4) is 5.75 Å². The van der Waals surface area contributed by atoms with Gasteiger partial charge in [0.25, 0.3) is 0 Å². The molecule has 0 N–H and O–H groups in total. The molecule has 0 bridgehead atoms. The van der Waals surface area contributed by atoms with Gasteiger partial charge in [-0.1, -0.05) is 6.07 Å². The molecule has 1 atom stereocenters. The summed E-state index contributed by atoms with van der Waals surface area (Å²) in [5.74, 6) is -1.62. The summed E-state index contributed by atoms with van der Waals surface area (Å²) in [6, 6.07) is 4.27. The average molecular weight is 280 g/mol. The lowest BCUT2D eigenvalue weighted by Gasteiger charge is -2.05. The number of esters is 2. The molecule has 106 valence electrons. The van der Waals surface area contributed by atoms with Crippen molar-refractivity contribution >= 4 is 18.0 Å². The van der Waals surface area contributed by atoms with Crippen molar-refractivity contribution in [1.29, 1.82) is 0 Å². The number of hydrogen-bond acceptors (Lipinski definition) is 5. The number of carbonyl (C=O) groups is 2. The van der Waals surface area contributed by atoms with Crippen LogP contribution >= 0.6 is 0 Å². The monoisotopic (exact) mass is 280 g/mol. The third-order valence-electron chi connectivity index (χ3n) is 2.73. The third-order valence-corrected chi connectivity index (χ3v) is 2.73. The van der Waals surface area contributed by atoms with Crippen LogP contribution in [0.2, 0.25) is 0 Å². The maximum Gasteiger partial charge on any atom is 0.347 e. The SMILES string of the molecule is COc1ccc(/C=C/C(=O)O[C@@H]2CCOC2=O)cc1F. The van der Waals surface area contributed by atoms with Gasteiger partial charge in [-0.2, -0.15) is 0 Å². The summed E-state index contributed by atoms with van der Waals surface area (Å²) in [6.45, 7) is 0.254. The number of methoxy groups -OCH3 is 1. The maximum absolute atomic E-state index is 13.4. The van der Waals surface area contributed by atoms with Crippen LogP contribution in [0.3, 0.4) is 0 Å². The molecule has 0 aromatic heterocycles. The molecule has 0 unspecified atom stereocenters. The molecule has 1 aromatic carbocycles. The van der Waals surface area contributed by atoms with Crippen molar-refractivity contribution in [3.05, 3.63) is 35.7 Å². The average Bonchev–Trinajstić information content (AvgIpc) is 2.82. The molecular weight excluding hydrogens is 267 g/mol. The lowest BCUT2D eigenvalue weighted by atomic mass is 10.2. The summed E-state index contributed by atoms with van der Waals surface area (Å²) >= 11 is 0. The minimum atomic E-state index is -0.847. The van der Waals surface area contributed by atoms with Gasteiger partial charge in [0.05, 0.1) is 13.7 Å². The second-order valence-electron chi connectivity index (χ2n) is 4.11. The summed E-state index contributed by atoms with van der Waals surface area (Å²) in [4.78, 5) is 22.6. The smallest absolute Gasteiger partial charge is 0.347 e. The minimum absolute atomic E-state index is 0.124. The van der Waals surface area contributed by atoms with Crippen LogP contribution in [-0.4, -0.2) is 31.8 Å². The number of carbonyl (C=O) groups excluding carboxylic acids is 2. The highest BCUT2D eigenvalue weighted by atomic mass is 19.1. The summed E-state index contributed by atoms with van der Waals surface area (Å²) in [6.07, 6.45) is 2.04. The Balaban J connectivity index is 1.96. The van der Waals surface area contributed by atoms with Crippen molar-refractivity contribution in [3.63, 3.8) is 0 Å². The predicted molar refractivity (Wildman–Crippen MR) is 67.4 cm³/mol. The van der Waals surface area contributed by atoms with Gasteiger partial charge in [-0.3, -0.25) is 0 Å². The molecular formula is C14H13FO5. The number of cyclic esters (lactones) is 1. The highest BCUT2D eigenvalue weighted by molar-refractivity contribution is 5.89. The largest absolute Gasteiger partial charge is 0.494 e. The Labute approximate surface area is 114 Å². The molecule has 1 saturated heterocycles. The van der Waals surface area contributed by atoms with Crippen LogP contribution in [0.15, 0.2) is 24.3 Å². The zero-order valence-electron chi connectivity index (χ0n) is 10.8. The van der Waals surface area contributed by atoms with E-state index in [1.807, 2.05) is 0 Å². The molecule has 1 heterocycles. The standard InChI is InChI=1S/C14H13FO5/c1-18-11-4-2-9(8-10(11)15)3-5-13(16)20-12-6-7-19-14(12)17/h2-5,8,12H,6-7H2,1H3/b5-3+/t12-/m1/s1. The summed E-state index contributed by atoms with van der Waals surface area (Å²) in [5.41, 5.74) is 0.481. The number of rotatable bonds is 4. The number of hydrogen-bond donors (Lipinski definition) is 0. The molecule has 20 heavy (non-hydrogen) atoms. The van der Waals surface area contributed by atoms with Crippen molar-refractivity contribution in [1.82, 2.24) is 0 Å². The molecule has 1 aliphatic heterocycles. The van der Waals surface area contributed by atoms with Crippen molar-refractivity contribution < 1.29 is 28.2 Å². The molecule has 1 fully saturated rings. The van der Waals surface area contributed by atoms with E-state index in [0.29, 0.717) is 12.0 Å². The zero-order chi connectivity index (χ0) is 14.5. The minimum Gasteiger partial charge on any atom is -0.494 e. The first-order valence-electron chi connectivity index (χ1n) is 5.99. The van der Waals surface area contributed by atoms with Gasteiger partial charge in [-0.25, -0.2) is 14.0 Å². The molecule has 0 amide bonds. The van der Waals surface area contributed by atoms with Gasteiger partial charge in [-0.05, 0) is 23.8 Å². The lowest BCUT2D eigenvalue weighted by molar-refractivity contribution is -0.156. The molecule has 5 nitrogen and oxygen atoms in total. The van der Waals surface area contributed by atoms with Crippen LogP contribution in [0.4, 0.5) is 4.39 Å². The van der Waals surface area contributed by atoms with Crippen LogP contribution in [0.25, 0.3) is 6.08 Å². The van der Waals surface area contributed by atoms with E-state index in [4.69, 9.17) is 9.47 Å². The van der Waals surface area contributed by atoms with Crippen LogP contribution in [0.5, 0.6) is 5.75 Å². The lowest BCUT2D eigenvalue weighted by Crippen LogP contribution is -2.21. The second-order valence-corrected chi connectivity index (χ2v) is 4.11. The highest BCUT2D eigenvalue weighted by Crippen LogP contribution is 2.18. The van der Waals surface area contributed by atoms with Crippen molar-refractivity contribution in [2.45, 2.75) is 12.5 Å². The van der Waals surface area contributed by atoms with Gasteiger partial charge in [0.15, 0.2) is 11.6 Å². The Morgan fingerprint density at radius 1 is 1.50 bits per heavy atom. The van der Waals surface area contributed by atoms with Crippen LogP contribution in [0.1, 0.15) is 12.0 Å². The summed E-state index contributed by atoms with van der Waals surface area (Å²) in [5, 5.41) is 0. The molecule has 0 spiro atoms. The van der Waals surface area contributed by atoms with E-state index in [2.05, 4.69) is 4.74 Å². The van der Waals surface area contributed by atoms with E-state index in [0.717, 1.165) is 6.08 Å². The van der Waals surface area contributed by atoms with E-state index < -0.39 is 23.9 Å². The van der Waals surface area contributed by atoms with E-state index in [1.165, 1.54) is 25.3 Å². The first-order chi connectivity index (χ1) is 9.60. The Kier molecular flexibility index (Phi) is 4.34. The van der Waals surface area contributed by atoms with E-state index >= 15 is 0 Å². The van der Waals surface area contributed by atoms with E-state index in [-0.39, 0.29) is 12.4 Å². The molecule has 0 radical (unpaired) electrons. The molecule has 0 saturated carbocycles. The Hall–Kier alpha value is -2.37. The van der Waals surface area contributed by atoms with E-state index in [1.54, 1.807) is 6.07 Å². The van der Waals surface area contributed by atoms with Crippen molar-refractivity contribution in [2.24, 2.45) is 0 Å². The summed E-state index contributed by atoms with van der Waals surface area (Å²) < 4.78 is 27.8. The number of halogens is 1. The van der Waals surface area contributed by atoms with Crippen molar-refractivity contribution in [2.75, 3.05) is 13.7 Å². The maximum atomic E-state index is 13.4. The first kappa shape index (κ1) is 14.0. The first-order valence-corrected chi connectivity index (χ1v) is 5.99. The quantitative estimate of drug-likeness (QED) is 0.620. The second kappa shape index (κ2) is 6.18.